The number of hydrogen-bond donors (Lipinski definition) is 0. The lowest BCUT2D eigenvalue weighted by Gasteiger charge is -2.08. The molecule has 0 saturated heterocycles. The number of fused-ring (bicyclic) bond motifs is 3. The lowest BCUT2D eigenvalue weighted by atomic mass is 10.0. The van der Waals surface area contributed by atoms with E-state index in [1.165, 1.54) is 5.56 Å². The van der Waals surface area contributed by atoms with E-state index in [9.17, 15) is 0 Å². The number of benzene rings is 1. The van der Waals surface area contributed by atoms with Crippen molar-refractivity contribution in [2.24, 2.45) is 7.05 Å². The molecule has 4 rings (SSSR count). The summed E-state index contributed by atoms with van der Waals surface area (Å²) < 4.78 is 8.25. The number of aryl methyl sites for hydroxylation is 4. The molecule has 1 aromatic carbocycles. The first kappa shape index (κ1) is 13.9. The molecule has 0 radical (unpaired) electrons. The van der Waals surface area contributed by atoms with Crippen molar-refractivity contribution in [2.75, 3.05) is 0 Å². The third kappa shape index (κ3) is 2.04. The minimum Gasteiger partial charge on any atom is -0.454 e. The second-order valence-corrected chi connectivity index (χ2v) is 6.18. The maximum atomic E-state index is 6.09. The van der Waals surface area contributed by atoms with Crippen molar-refractivity contribution in [3.05, 3.63) is 59.4 Å². The first-order valence-corrected chi connectivity index (χ1v) is 7.81. The summed E-state index contributed by atoms with van der Waals surface area (Å²) in [4.78, 5) is 4.86. The molecule has 0 N–H and O–H groups in total. The fourth-order valence-electron chi connectivity index (χ4n) is 3.39. The smallest absolute Gasteiger partial charge is 0.214 e. The molecule has 3 heterocycles. The van der Waals surface area contributed by atoms with E-state index in [1.54, 1.807) is 0 Å². The van der Waals surface area contributed by atoms with Crippen molar-refractivity contribution in [3.63, 3.8) is 0 Å². The highest BCUT2D eigenvalue weighted by Crippen LogP contribution is 2.35. The van der Waals surface area contributed by atoms with Gasteiger partial charge in [0.05, 0.1) is 11.3 Å². The van der Waals surface area contributed by atoms with Crippen LogP contribution in [0.25, 0.3) is 33.3 Å². The Hall–Kier alpha value is -2.68. The van der Waals surface area contributed by atoms with Gasteiger partial charge in [0.2, 0.25) is 5.69 Å². The van der Waals surface area contributed by atoms with Gasteiger partial charge in [0.1, 0.15) is 18.1 Å². The van der Waals surface area contributed by atoms with Crippen molar-refractivity contribution in [2.45, 2.75) is 20.8 Å². The zero-order chi connectivity index (χ0) is 16.1. The minimum atomic E-state index is 0.882. The standard InChI is InChI=1S/C20H19N2O/c1-12-9-10-16(22(4)11-12)18-13(2)20-19(21-14(18)3)15-7-5-6-8-17(15)23-20/h5-11H,1-4H3/q+1. The summed E-state index contributed by atoms with van der Waals surface area (Å²) in [5, 5.41) is 1.08. The lowest BCUT2D eigenvalue weighted by Crippen LogP contribution is -2.31. The largest absolute Gasteiger partial charge is 0.454 e. The van der Waals surface area contributed by atoms with Crippen LogP contribution in [0.2, 0.25) is 0 Å². The minimum absolute atomic E-state index is 0.882. The first-order chi connectivity index (χ1) is 11.1. The number of para-hydroxylation sites is 1. The van der Waals surface area contributed by atoms with E-state index < -0.39 is 0 Å². The van der Waals surface area contributed by atoms with Crippen molar-refractivity contribution in [1.82, 2.24) is 4.98 Å². The predicted molar refractivity (Wildman–Crippen MR) is 92.3 cm³/mol. The van der Waals surface area contributed by atoms with Gasteiger partial charge in [-0.15, -0.1) is 0 Å². The summed E-state index contributed by atoms with van der Waals surface area (Å²) in [5.41, 5.74) is 8.44. The molecule has 0 fully saturated rings. The number of furan rings is 1. The number of rotatable bonds is 1. The average Bonchev–Trinajstić information content (AvgIpc) is 2.88. The molecule has 0 amide bonds. The molecule has 0 aliphatic heterocycles. The van der Waals surface area contributed by atoms with Crippen LogP contribution < -0.4 is 4.57 Å². The molecule has 0 spiro atoms. The van der Waals surface area contributed by atoms with Crippen LogP contribution in [-0.2, 0) is 7.05 Å². The molecule has 3 aromatic heterocycles. The Kier molecular flexibility index (Phi) is 2.98. The van der Waals surface area contributed by atoms with Crippen LogP contribution in [0.3, 0.4) is 0 Å². The fraction of sp³-hybridized carbons (Fsp3) is 0.200. The molecule has 23 heavy (non-hydrogen) atoms. The highest BCUT2D eigenvalue weighted by molar-refractivity contribution is 6.04. The molecular weight excluding hydrogens is 284 g/mol. The number of nitrogens with zero attached hydrogens (tertiary/aromatic N) is 2. The molecule has 4 aromatic rings. The monoisotopic (exact) mass is 303 g/mol. The predicted octanol–water partition coefficient (Wildman–Crippen LogP) is 4.40. The highest BCUT2D eigenvalue weighted by Gasteiger charge is 2.21. The number of pyridine rings is 2. The number of aromatic nitrogens is 2. The van der Waals surface area contributed by atoms with Crippen LogP contribution in [0.1, 0.15) is 16.8 Å². The van der Waals surface area contributed by atoms with Gasteiger partial charge in [-0.25, -0.2) is 9.55 Å². The second-order valence-electron chi connectivity index (χ2n) is 6.18. The van der Waals surface area contributed by atoms with Crippen LogP contribution in [0.15, 0.2) is 47.0 Å². The first-order valence-electron chi connectivity index (χ1n) is 7.81. The van der Waals surface area contributed by atoms with Crippen LogP contribution >= 0.6 is 0 Å². The maximum absolute atomic E-state index is 6.09. The van der Waals surface area contributed by atoms with Crippen LogP contribution in [0.4, 0.5) is 0 Å². The molecular formula is C20H19N2O+. The lowest BCUT2D eigenvalue weighted by molar-refractivity contribution is -0.660. The van der Waals surface area contributed by atoms with E-state index in [4.69, 9.17) is 9.40 Å². The quantitative estimate of drug-likeness (QED) is 0.488. The van der Waals surface area contributed by atoms with E-state index in [-0.39, 0.29) is 0 Å². The molecule has 114 valence electrons. The van der Waals surface area contributed by atoms with E-state index in [2.05, 4.69) is 56.8 Å². The van der Waals surface area contributed by atoms with Gasteiger partial charge in [-0.3, -0.25) is 0 Å². The zero-order valence-electron chi connectivity index (χ0n) is 13.8. The summed E-state index contributed by atoms with van der Waals surface area (Å²) in [7, 11) is 2.07. The molecule has 0 bridgehead atoms. The van der Waals surface area contributed by atoms with Gasteiger partial charge in [0.25, 0.3) is 0 Å². The average molecular weight is 303 g/mol. The van der Waals surface area contributed by atoms with Gasteiger partial charge >= 0.3 is 0 Å². The Balaban J connectivity index is 2.10. The SMILES string of the molecule is Cc1ccc(-c2c(C)nc3c(oc4ccccc43)c2C)[n+](C)c1. The number of hydrogen-bond acceptors (Lipinski definition) is 2. The molecule has 0 saturated carbocycles. The van der Waals surface area contributed by atoms with Gasteiger partial charge < -0.3 is 4.42 Å². The van der Waals surface area contributed by atoms with E-state index in [0.717, 1.165) is 44.6 Å². The zero-order valence-corrected chi connectivity index (χ0v) is 13.8. The Bertz CT molecular complexity index is 1060. The van der Waals surface area contributed by atoms with Gasteiger partial charge in [-0.05, 0) is 39.0 Å². The summed E-state index contributed by atoms with van der Waals surface area (Å²) in [6.45, 7) is 6.29. The Morgan fingerprint density at radius 1 is 1.00 bits per heavy atom. The molecule has 3 heteroatoms. The highest BCUT2D eigenvalue weighted by atomic mass is 16.3. The van der Waals surface area contributed by atoms with Crippen LogP contribution in [-0.4, -0.2) is 4.98 Å². The van der Waals surface area contributed by atoms with E-state index >= 15 is 0 Å². The molecule has 0 unspecified atom stereocenters. The van der Waals surface area contributed by atoms with E-state index in [1.807, 2.05) is 18.2 Å². The topological polar surface area (TPSA) is 29.9 Å². The van der Waals surface area contributed by atoms with Gasteiger partial charge in [0, 0.05) is 22.6 Å². The van der Waals surface area contributed by atoms with Crippen LogP contribution in [0, 0.1) is 20.8 Å². The Morgan fingerprint density at radius 3 is 2.57 bits per heavy atom. The van der Waals surface area contributed by atoms with Crippen molar-refractivity contribution in [3.8, 4) is 11.3 Å². The normalized spacial score (nSPS) is 11.5. The van der Waals surface area contributed by atoms with Gasteiger partial charge in [0.15, 0.2) is 11.8 Å². The fourth-order valence-corrected chi connectivity index (χ4v) is 3.39. The molecule has 3 nitrogen and oxygen atoms in total. The molecule has 0 aliphatic rings. The Labute approximate surface area is 135 Å². The van der Waals surface area contributed by atoms with Crippen molar-refractivity contribution in [1.29, 1.82) is 0 Å². The van der Waals surface area contributed by atoms with Crippen molar-refractivity contribution < 1.29 is 8.98 Å². The van der Waals surface area contributed by atoms with Gasteiger partial charge in [-0.1, -0.05) is 12.1 Å². The van der Waals surface area contributed by atoms with Crippen LogP contribution in [0.5, 0.6) is 0 Å². The Morgan fingerprint density at radius 2 is 1.78 bits per heavy atom. The summed E-state index contributed by atoms with van der Waals surface area (Å²) in [6, 6.07) is 12.4. The van der Waals surface area contributed by atoms with Gasteiger partial charge in [-0.2, -0.15) is 0 Å². The second kappa shape index (κ2) is 4.92. The third-order valence-corrected chi connectivity index (χ3v) is 4.46. The third-order valence-electron chi connectivity index (χ3n) is 4.46. The maximum Gasteiger partial charge on any atom is 0.214 e. The summed E-state index contributed by atoms with van der Waals surface area (Å²) >= 11 is 0. The van der Waals surface area contributed by atoms with E-state index in [0.29, 0.717) is 0 Å². The van der Waals surface area contributed by atoms with Crippen molar-refractivity contribution >= 4 is 22.1 Å². The summed E-state index contributed by atoms with van der Waals surface area (Å²) in [5.74, 6) is 0. The summed E-state index contributed by atoms with van der Waals surface area (Å²) in [6.07, 6.45) is 2.14. The molecule has 0 atom stereocenters. The molecule has 0 aliphatic carbocycles.